The molecule has 0 aliphatic carbocycles. The summed E-state index contributed by atoms with van der Waals surface area (Å²) in [6.07, 6.45) is 0. The lowest BCUT2D eigenvalue weighted by Crippen LogP contribution is -2.34. The van der Waals surface area contributed by atoms with Crippen LogP contribution in [0.5, 0.6) is 0 Å². The summed E-state index contributed by atoms with van der Waals surface area (Å²) < 4.78 is 0.933. The maximum Gasteiger partial charge on any atom is 0.258 e. The molecule has 0 saturated carbocycles. The van der Waals surface area contributed by atoms with Crippen molar-refractivity contribution in [2.24, 2.45) is 0 Å². The Balaban J connectivity index is 1.34. The largest absolute Gasteiger partial charge is 0.372 e. The number of carbonyl (C=O) groups excluding carboxylic acids is 1. The number of benzene rings is 4. The van der Waals surface area contributed by atoms with Crippen LogP contribution in [0.1, 0.15) is 29.8 Å². The number of hydrogen-bond acceptors (Lipinski definition) is 5. The fourth-order valence-electron chi connectivity index (χ4n) is 4.50. The SMILES string of the molecule is CCN(CC)c1ccc(-n2nc3cc(C)c(NC(=S)NC(=O)c4cccc5c(Br)cccc45)cc3n2)cc1. The van der Waals surface area contributed by atoms with Crippen LogP contribution in [0.3, 0.4) is 0 Å². The first-order chi connectivity index (χ1) is 18.4. The normalized spacial score (nSPS) is 11.1. The van der Waals surface area contributed by atoms with E-state index in [1.54, 1.807) is 10.9 Å². The number of hydrogen-bond donors (Lipinski definition) is 2. The number of aryl methyl sites for hydroxylation is 1. The van der Waals surface area contributed by atoms with Gasteiger partial charge in [-0.15, -0.1) is 10.2 Å². The highest BCUT2D eigenvalue weighted by Gasteiger charge is 2.14. The summed E-state index contributed by atoms with van der Waals surface area (Å²) in [6, 6.07) is 23.5. The molecule has 1 amide bonds. The van der Waals surface area contributed by atoms with E-state index in [1.807, 2.05) is 61.5 Å². The first-order valence-electron chi connectivity index (χ1n) is 12.4. The summed E-state index contributed by atoms with van der Waals surface area (Å²) in [5.41, 5.74) is 5.80. The lowest BCUT2D eigenvalue weighted by Gasteiger charge is -2.20. The van der Waals surface area contributed by atoms with Crippen molar-refractivity contribution in [3.63, 3.8) is 0 Å². The number of anilines is 2. The Morgan fingerprint density at radius 1 is 0.947 bits per heavy atom. The molecule has 0 bridgehead atoms. The van der Waals surface area contributed by atoms with E-state index in [9.17, 15) is 4.79 Å². The van der Waals surface area contributed by atoms with Crippen LogP contribution in [0, 0.1) is 6.92 Å². The number of nitrogens with one attached hydrogen (secondary N) is 2. The fraction of sp³-hybridized carbons (Fsp3) is 0.172. The van der Waals surface area contributed by atoms with Crippen molar-refractivity contribution in [1.82, 2.24) is 20.3 Å². The molecule has 0 fully saturated rings. The van der Waals surface area contributed by atoms with Gasteiger partial charge in [0, 0.05) is 34.5 Å². The van der Waals surface area contributed by atoms with Crippen molar-refractivity contribution in [2.45, 2.75) is 20.8 Å². The third-order valence-corrected chi connectivity index (χ3v) is 7.42. The van der Waals surface area contributed by atoms with Crippen LogP contribution in [0.4, 0.5) is 11.4 Å². The smallest absolute Gasteiger partial charge is 0.258 e. The Bertz CT molecular complexity index is 1660. The van der Waals surface area contributed by atoms with Gasteiger partial charge in [0.1, 0.15) is 11.0 Å². The lowest BCUT2D eigenvalue weighted by atomic mass is 10.0. The molecule has 0 aliphatic heterocycles. The number of carbonyl (C=O) groups is 1. The molecule has 2 N–H and O–H groups in total. The van der Waals surface area contributed by atoms with E-state index in [-0.39, 0.29) is 11.0 Å². The number of fused-ring (bicyclic) bond motifs is 2. The maximum atomic E-state index is 13.0. The van der Waals surface area contributed by atoms with Crippen molar-refractivity contribution < 1.29 is 4.79 Å². The molecule has 0 unspecified atom stereocenters. The first kappa shape index (κ1) is 25.8. The van der Waals surface area contributed by atoms with Crippen molar-refractivity contribution >= 4 is 72.3 Å². The van der Waals surface area contributed by atoms with Crippen LogP contribution in [0.2, 0.25) is 0 Å². The molecule has 1 aromatic heterocycles. The monoisotopic (exact) mass is 586 g/mol. The molecule has 0 atom stereocenters. The summed E-state index contributed by atoms with van der Waals surface area (Å²) in [5, 5.41) is 17.3. The van der Waals surface area contributed by atoms with E-state index < -0.39 is 0 Å². The second-order valence-electron chi connectivity index (χ2n) is 8.88. The van der Waals surface area contributed by atoms with Gasteiger partial charge in [-0.05, 0) is 97.9 Å². The molecule has 4 aromatic carbocycles. The highest BCUT2D eigenvalue weighted by atomic mass is 79.9. The predicted octanol–water partition coefficient (Wildman–Crippen LogP) is 6.62. The van der Waals surface area contributed by atoms with Crippen molar-refractivity contribution in [3.8, 4) is 5.69 Å². The summed E-state index contributed by atoms with van der Waals surface area (Å²) in [5.74, 6) is -0.274. The fourth-order valence-corrected chi connectivity index (χ4v) is 5.20. The Labute approximate surface area is 235 Å². The topological polar surface area (TPSA) is 75.1 Å². The Morgan fingerprint density at radius 2 is 1.61 bits per heavy atom. The third kappa shape index (κ3) is 5.12. The van der Waals surface area contributed by atoms with Gasteiger partial charge >= 0.3 is 0 Å². The van der Waals surface area contributed by atoms with Crippen LogP contribution < -0.4 is 15.5 Å². The molecular formula is C29H27BrN6OS. The number of aromatic nitrogens is 3. The molecule has 192 valence electrons. The molecular weight excluding hydrogens is 560 g/mol. The zero-order chi connectivity index (χ0) is 26.8. The third-order valence-electron chi connectivity index (χ3n) is 6.52. The minimum Gasteiger partial charge on any atom is -0.372 e. The molecule has 1 heterocycles. The second-order valence-corrected chi connectivity index (χ2v) is 10.1. The van der Waals surface area contributed by atoms with E-state index in [0.717, 1.165) is 56.3 Å². The summed E-state index contributed by atoms with van der Waals surface area (Å²) in [6.45, 7) is 8.17. The molecule has 0 radical (unpaired) electrons. The maximum absolute atomic E-state index is 13.0. The van der Waals surface area contributed by atoms with Gasteiger partial charge in [0.25, 0.3) is 5.91 Å². The second kappa shape index (κ2) is 10.9. The highest BCUT2D eigenvalue weighted by molar-refractivity contribution is 9.10. The zero-order valence-corrected chi connectivity index (χ0v) is 23.7. The molecule has 7 nitrogen and oxygen atoms in total. The van der Waals surface area contributed by atoms with Crippen LogP contribution in [0.25, 0.3) is 27.5 Å². The van der Waals surface area contributed by atoms with Crippen molar-refractivity contribution in [2.75, 3.05) is 23.3 Å². The number of thiocarbonyl (C=S) groups is 1. The van der Waals surface area contributed by atoms with E-state index in [4.69, 9.17) is 12.2 Å². The van der Waals surface area contributed by atoms with Gasteiger partial charge in [-0.3, -0.25) is 10.1 Å². The quantitative estimate of drug-likeness (QED) is 0.218. The Kier molecular flexibility index (Phi) is 7.40. The molecule has 5 aromatic rings. The lowest BCUT2D eigenvalue weighted by molar-refractivity contribution is 0.0979. The Hall–Kier alpha value is -3.82. The van der Waals surface area contributed by atoms with E-state index in [1.165, 1.54) is 5.69 Å². The average molecular weight is 588 g/mol. The highest BCUT2D eigenvalue weighted by Crippen LogP contribution is 2.27. The van der Waals surface area contributed by atoms with E-state index in [2.05, 4.69) is 67.6 Å². The molecule has 38 heavy (non-hydrogen) atoms. The van der Waals surface area contributed by atoms with E-state index >= 15 is 0 Å². The molecule has 0 aliphatic rings. The summed E-state index contributed by atoms with van der Waals surface area (Å²) >= 11 is 9.03. The molecule has 9 heteroatoms. The van der Waals surface area contributed by atoms with E-state index in [0.29, 0.717) is 5.56 Å². The number of nitrogens with zero attached hydrogens (tertiary/aromatic N) is 4. The number of rotatable bonds is 6. The first-order valence-corrected chi connectivity index (χ1v) is 13.6. The minimum atomic E-state index is -0.274. The van der Waals surface area contributed by atoms with Gasteiger partial charge in [0.2, 0.25) is 0 Å². The van der Waals surface area contributed by atoms with Crippen LogP contribution >= 0.6 is 28.1 Å². The van der Waals surface area contributed by atoms with Crippen LogP contribution in [0.15, 0.2) is 77.3 Å². The Morgan fingerprint density at radius 3 is 2.32 bits per heavy atom. The zero-order valence-electron chi connectivity index (χ0n) is 21.3. The summed E-state index contributed by atoms with van der Waals surface area (Å²) in [4.78, 5) is 17.0. The molecule has 0 spiro atoms. The van der Waals surface area contributed by atoms with Crippen LogP contribution in [-0.4, -0.2) is 39.1 Å². The van der Waals surface area contributed by atoms with Crippen molar-refractivity contribution in [1.29, 1.82) is 0 Å². The number of amides is 1. The minimum absolute atomic E-state index is 0.212. The van der Waals surface area contributed by atoms with Crippen molar-refractivity contribution in [3.05, 3.63) is 88.4 Å². The van der Waals surface area contributed by atoms with Gasteiger partial charge < -0.3 is 10.2 Å². The van der Waals surface area contributed by atoms with Crippen LogP contribution in [-0.2, 0) is 0 Å². The van der Waals surface area contributed by atoms with Gasteiger partial charge in [-0.25, -0.2) is 0 Å². The molecule has 5 rings (SSSR count). The predicted molar refractivity (Wildman–Crippen MR) is 162 cm³/mol. The number of halogens is 1. The van der Waals surface area contributed by atoms with Gasteiger partial charge in [0.15, 0.2) is 5.11 Å². The van der Waals surface area contributed by atoms with Gasteiger partial charge in [-0.2, -0.15) is 4.80 Å². The standard InChI is InChI=1S/C29H27BrN6OS/c1-4-35(5-2)19-12-14-20(15-13-19)36-33-26-16-18(3)25(17-27(26)34-36)31-29(38)32-28(37)23-10-6-9-22-21(23)8-7-11-24(22)30/h6-17H,4-5H2,1-3H3,(H2,31,32,37,38). The average Bonchev–Trinajstić information content (AvgIpc) is 3.32. The van der Waals surface area contributed by atoms with Gasteiger partial charge in [0.05, 0.1) is 5.69 Å². The van der Waals surface area contributed by atoms with Gasteiger partial charge in [-0.1, -0.05) is 40.2 Å². The molecule has 0 saturated heterocycles. The summed E-state index contributed by atoms with van der Waals surface area (Å²) in [7, 11) is 0.